The summed E-state index contributed by atoms with van der Waals surface area (Å²) in [5, 5.41) is 3.10. The van der Waals surface area contributed by atoms with Crippen molar-refractivity contribution >= 4 is 5.95 Å². The van der Waals surface area contributed by atoms with Gasteiger partial charge < -0.3 is 19.5 Å². The highest BCUT2D eigenvalue weighted by molar-refractivity contribution is 5.33. The molecule has 0 fully saturated rings. The summed E-state index contributed by atoms with van der Waals surface area (Å²) in [5.41, 5.74) is 1.05. The van der Waals surface area contributed by atoms with Crippen molar-refractivity contribution in [1.82, 2.24) is 15.0 Å². The van der Waals surface area contributed by atoms with E-state index in [0.29, 0.717) is 19.1 Å². The Morgan fingerprint density at radius 3 is 2.38 bits per heavy atom. The van der Waals surface area contributed by atoms with Crippen molar-refractivity contribution in [2.24, 2.45) is 0 Å². The molecule has 1 aromatic carbocycles. The number of anilines is 1. The minimum absolute atomic E-state index is 0.201. The molecule has 2 rings (SSSR count). The first-order chi connectivity index (χ1) is 10.2. The highest BCUT2D eigenvalue weighted by Crippen LogP contribution is 2.16. The normalized spacial score (nSPS) is 10.0. The summed E-state index contributed by atoms with van der Waals surface area (Å²) in [5.74, 6) is 1.23. The first-order valence-electron chi connectivity index (χ1n) is 6.54. The van der Waals surface area contributed by atoms with Crippen LogP contribution < -0.4 is 19.5 Å². The van der Waals surface area contributed by atoms with Crippen LogP contribution in [0.5, 0.6) is 17.8 Å². The molecule has 21 heavy (non-hydrogen) atoms. The van der Waals surface area contributed by atoms with Gasteiger partial charge in [-0.1, -0.05) is 12.1 Å². The summed E-state index contributed by atoms with van der Waals surface area (Å²) >= 11 is 0. The highest BCUT2D eigenvalue weighted by atomic mass is 16.5. The van der Waals surface area contributed by atoms with Crippen molar-refractivity contribution in [3.63, 3.8) is 0 Å². The van der Waals surface area contributed by atoms with Gasteiger partial charge in [0.2, 0.25) is 5.95 Å². The van der Waals surface area contributed by atoms with Crippen molar-refractivity contribution in [2.45, 2.75) is 13.5 Å². The number of hydrogen-bond donors (Lipinski definition) is 1. The SMILES string of the molecule is CCOc1cccc(CNc2nc(OC)nc(OC)n2)c1. The second-order valence-electron chi connectivity index (χ2n) is 4.07. The van der Waals surface area contributed by atoms with Crippen LogP contribution in [0.1, 0.15) is 12.5 Å². The summed E-state index contributed by atoms with van der Waals surface area (Å²) in [7, 11) is 2.98. The average Bonchev–Trinajstić information content (AvgIpc) is 2.53. The molecule has 1 aromatic heterocycles. The minimum Gasteiger partial charge on any atom is -0.494 e. The van der Waals surface area contributed by atoms with Gasteiger partial charge in [-0.25, -0.2) is 0 Å². The fourth-order valence-corrected chi connectivity index (χ4v) is 1.69. The van der Waals surface area contributed by atoms with Gasteiger partial charge in [-0.05, 0) is 24.6 Å². The Morgan fingerprint density at radius 1 is 1.05 bits per heavy atom. The third-order valence-electron chi connectivity index (χ3n) is 2.62. The van der Waals surface area contributed by atoms with Crippen molar-refractivity contribution in [3.8, 4) is 17.8 Å². The Hall–Kier alpha value is -2.57. The Kier molecular flexibility index (Phi) is 5.14. The van der Waals surface area contributed by atoms with E-state index in [1.54, 1.807) is 0 Å². The fourth-order valence-electron chi connectivity index (χ4n) is 1.69. The lowest BCUT2D eigenvalue weighted by atomic mass is 10.2. The molecule has 0 radical (unpaired) electrons. The molecule has 0 unspecified atom stereocenters. The van der Waals surface area contributed by atoms with Crippen molar-refractivity contribution in [1.29, 1.82) is 0 Å². The number of methoxy groups -OCH3 is 2. The largest absolute Gasteiger partial charge is 0.494 e. The zero-order valence-corrected chi connectivity index (χ0v) is 12.3. The van der Waals surface area contributed by atoms with Crippen LogP contribution in [0.3, 0.4) is 0 Å². The third kappa shape index (κ3) is 4.20. The van der Waals surface area contributed by atoms with Gasteiger partial charge in [-0.3, -0.25) is 0 Å². The standard InChI is InChI=1S/C14H18N4O3/c1-4-21-11-7-5-6-10(8-11)9-15-12-16-13(19-2)18-14(17-12)20-3/h5-8H,4,9H2,1-3H3,(H,15,16,17,18). The first-order valence-corrected chi connectivity index (χ1v) is 6.54. The maximum Gasteiger partial charge on any atom is 0.324 e. The molecule has 7 nitrogen and oxygen atoms in total. The second-order valence-corrected chi connectivity index (χ2v) is 4.07. The minimum atomic E-state index is 0.201. The van der Waals surface area contributed by atoms with E-state index in [1.165, 1.54) is 14.2 Å². The highest BCUT2D eigenvalue weighted by Gasteiger charge is 2.07. The van der Waals surface area contributed by atoms with Crippen LogP contribution >= 0.6 is 0 Å². The van der Waals surface area contributed by atoms with E-state index in [-0.39, 0.29) is 12.0 Å². The van der Waals surface area contributed by atoms with Crippen LogP contribution in [0.15, 0.2) is 24.3 Å². The van der Waals surface area contributed by atoms with Gasteiger partial charge >= 0.3 is 12.0 Å². The lowest BCUT2D eigenvalue weighted by Gasteiger charge is -2.09. The van der Waals surface area contributed by atoms with Gasteiger partial charge in [-0.15, -0.1) is 4.98 Å². The summed E-state index contributed by atoms with van der Waals surface area (Å²) in [6.07, 6.45) is 0. The molecule has 0 aliphatic carbocycles. The molecule has 0 amide bonds. The lowest BCUT2D eigenvalue weighted by molar-refractivity contribution is 0.339. The van der Waals surface area contributed by atoms with E-state index < -0.39 is 0 Å². The van der Waals surface area contributed by atoms with Crippen molar-refractivity contribution in [3.05, 3.63) is 29.8 Å². The van der Waals surface area contributed by atoms with E-state index in [1.807, 2.05) is 31.2 Å². The van der Waals surface area contributed by atoms with Crippen LogP contribution in [0.2, 0.25) is 0 Å². The molecule has 1 N–H and O–H groups in total. The van der Waals surface area contributed by atoms with Crippen molar-refractivity contribution < 1.29 is 14.2 Å². The monoisotopic (exact) mass is 290 g/mol. The summed E-state index contributed by atoms with van der Waals surface area (Å²) in [6.45, 7) is 3.14. The van der Waals surface area contributed by atoms with Crippen molar-refractivity contribution in [2.75, 3.05) is 26.1 Å². The van der Waals surface area contributed by atoms with Gasteiger partial charge in [0, 0.05) is 6.54 Å². The van der Waals surface area contributed by atoms with Gasteiger partial charge in [-0.2, -0.15) is 9.97 Å². The third-order valence-corrected chi connectivity index (χ3v) is 2.62. The molecule has 0 aliphatic rings. The van der Waals surface area contributed by atoms with Gasteiger partial charge in [0.05, 0.1) is 20.8 Å². The van der Waals surface area contributed by atoms with E-state index in [4.69, 9.17) is 14.2 Å². The fraction of sp³-hybridized carbons (Fsp3) is 0.357. The number of rotatable bonds is 7. The lowest BCUT2D eigenvalue weighted by Crippen LogP contribution is -2.07. The number of hydrogen-bond acceptors (Lipinski definition) is 7. The number of aromatic nitrogens is 3. The van der Waals surface area contributed by atoms with E-state index >= 15 is 0 Å². The second kappa shape index (κ2) is 7.28. The van der Waals surface area contributed by atoms with E-state index in [9.17, 15) is 0 Å². The number of ether oxygens (including phenoxy) is 3. The van der Waals surface area contributed by atoms with Gasteiger partial charge in [0.15, 0.2) is 0 Å². The number of nitrogens with one attached hydrogen (secondary N) is 1. The molecule has 0 bridgehead atoms. The van der Waals surface area contributed by atoms with Gasteiger partial charge in [0.25, 0.3) is 0 Å². The molecule has 0 aliphatic heterocycles. The van der Waals surface area contributed by atoms with Crippen LogP contribution in [-0.4, -0.2) is 35.8 Å². The Balaban J connectivity index is 2.07. The van der Waals surface area contributed by atoms with Crippen LogP contribution in [0, 0.1) is 0 Å². The molecule has 0 atom stereocenters. The number of nitrogens with zero attached hydrogens (tertiary/aromatic N) is 3. The Morgan fingerprint density at radius 2 is 1.76 bits per heavy atom. The molecule has 112 valence electrons. The zero-order valence-electron chi connectivity index (χ0n) is 12.3. The maximum atomic E-state index is 5.46. The van der Waals surface area contributed by atoms with Crippen LogP contribution in [-0.2, 0) is 6.54 Å². The van der Waals surface area contributed by atoms with E-state index in [0.717, 1.165) is 11.3 Å². The zero-order chi connectivity index (χ0) is 15.1. The van der Waals surface area contributed by atoms with E-state index in [2.05, 4.69) is 20.3 Å². The van der Waals surface area contributed by atoms with Crippen LogP contribution in [0.25, 0.3) is 0 Å². The molecular formula is C14H18N4O3. The summed E-state index contributed by atoms with van der Waals surface area (Å²) < 4.78 is 15.5. The molecule has 2 aromatic rings. The first kappa shape index (κ1) is 14.8. The number of benzene rings is 1. The summed E-state index contributed by atoms with van der Waals surface area (Å²) in [4.78, 5) is 12.2. The van der Waals surface area contributed by atoms with Gasteiger partial charge in [0.1, 0.15) is 5.75 Å². The Labute approximate surface area is 123 Å². The van der Waals surface area contributed by atoms with Crippen LogP contribution in [0.4, 0.5) is 5.95 Å². The smallest absolute Gasteiger partial charge is 0.324 e. The molecule has 1 heterocycles. The Bertz CT molecular complexity index is 570. The predicted octanol–water partition coefficient (Wildman–Crippen LogP) is 1.90. The molecule has 0 spiro atoms. The summed E-state index contributed by atoms with van der Waals surface area (Å²) in [6, 6.07) is 8.22. The predicted molar refractivity (Wildman–Crippen MR) is 77.9 cm³/mol. The molecule has 0 saturated carbocycles. The molecule has 7 heteroatoms. The maximum absolute atomic E-state index is 5.46. The average molecular weight is 290 g/mol. The quantitative estimate of drug-likeness (QED) is 0.834. The molecular weight excluding hydrogens is 272 g/mol. The molecule has 0 saturated heterocycles. The topological polar surface area (TPSA) is 78.4 Å².